The van der Waals surface area contributed by atoms with Crippen molar-refractivity contribution in [2.45, 2.75) is 32.7 Å². The second kappa shape index (κ2) is 5.17. The van der Waals surface area contributed by atoms with E-state index < -0.39 is 0 Å². The molecule has 1 aliphatic heterocycles. The highest BCUT2D eigenvalue weighted by molar-refractivity contribution is 5.80. The number of nitrogens with zero attached hydrogens (tertiary/aromatic N) is 2. The Bertz CT molecular complexity index is 406. The molecule has 2 heterocycles. The van der Waals surface area contributed by atoms with Crippen LogP contribution in [-0.2, 0) is 9.53 Å². The topological polar surface area (TPSA) is 42.4 Å². The van der Waals surface area contributed by atoms with Gasteiger partial charge in [-0.3, -0.25) is 0 Å². The molecule has 0 N–H and O–H groups in total. The molecule has 4 heteroatoms. The van der Waals surface area contributed by atoms with E-state index in [2.05, 4.69) is 4.98 Å². The number of ether oxygens (including phenoxy) is 1. The predicted octanol–water partition coefficient (Wildman–Crippen LogP) is 1.92. The molecule has 0 radical (unpaired) electrons. The van der Waals surface area contributed by atoms with Crippen LogP contribution in [0.2, 0.25) is 0 Å². The van der Waals surface area contributed by atoms with Gasteiger partial charge in [-0.05, 0) is 38.8 Å². The van der Waals surface area contributed by atoms with Crippen LogP contribution in [0.1, 0.15) is 25.5 Å². The number of hydrogen-bond donors (Lipinski definition) is 0. The minimum Gasteiger partial charge on any atom is -0.464 e. The molecule has 0 bridgehead atoms. The molecule has 1 aromatic heterocycles. The van der Waals surface area contributed by atoms with Crippen LogP contribution in [0.3, 0.4) is 0 Å². The molecule has 1 aliphatic rings. The molecular formula is C13H18N2O2. The molecule has 0 saturated carbocycles. The second-order valence-electron chi connectivity index (χ2n) is 4.24. The summed E-state index contributed by atoms with van der Waals surface area (Å²) in [6, 6.07) is 5.71. The molecule has 1 unspecified atom stereocenters. The SMILES string of the molecule is CCOC(=O)C1CCCN1c1cccc(C)n1. The molecular weight excluding hydrogens is 216 g/mol. The summed E-state index contributed by atoms with van der Waals surface area (Å²) >= 11 is 0. The van der Waals surface area contributed by atoms with Gasteiger partial charge in [-0.1, -0.05) is 6.07 Å². The maximum atomic E-state index is 11.8. The zero-order valence-corrected chi connectivity index (χ0v) is 10.3. The normalized spacial score (nSPS) is 19.4. The average molecular weight is 234 g/mol. The van der Waals surface area contributed by atoms with E-state index in [1.54, 1.807) is 0 Å². The molecule has 92 valence electrons. The van der Waals surface area contributed by atoms with Crippen LogP contribution in [0.15, 0.2) is 18.2 Å². The Hall–Kier alpha value is -1.58. The van der Waals surface area contributed by atoms with Gasteiger partial charge in [-0.15, -0.1) is 0 Å². The summed E-state index contributed by atoms with van der Waals surface area (Å²) in [5.41, 5.74) is 0.969. The van der Waals surface area contributed by atoms with E-state index in [-0.39, 0.29) is 12.0 Å². The van der Waals surface area contributed by atoms with Crippen LogP contribution in [0.25, 0.3) is 0 Å². The molecule has 17 heavy (non-hydrogen) atoms. The Labute approximate surface area is 102 Å². The summed E-state index contributed by atoms with van der Waals surface area (Å²) in [5.74, 6) is 0.744. The number of hydrogen-bond acceptors (Lipinski definition) is 4. The van der Waals surface area contributed by atoms with Gasteiger partial charge in [-0.25, -0.2) is 9.78 Å². The molecule has 0 spiro atoms. The van der Waals surface area contributed by atoms with E-state index in [0.717, 1.165) is 30.9 Å². The van der Waals surface area contributed by atoms with Crippen LogP contribution >= 0.6 is 0 Å². The van der Waals surface area contributed by atoms with Gasteiger partial charge in [0, 0.05) is 12.2 Å². The van der Waals surface area contributed by atoms with Gasteiger partial charge < -0.3 is 9.64 Å². The largest absolute Gasteiger partial charge is 0.464 e. The number of rotatable bonds is 3. The highest BCUT2D eigenvalue weighted by Crippen LogP contribution is 2.24. The monoisotopic (exact) mass is 234 g/mol. The van der Waals surface area contributed by atoms with Crippen LogP contribution in [-0.4, -0.2) is 30.1 Å². The molecule has 0 aliphatic carbocycles. The third-order valence-corrected chi connectivity index (χ3v) is 2.98. The van der Waals surface area contributed by atoms with Gasteiger partial charge in [-0.2, -0.15) is 0 Å². The molecule has 0 amide bonds. The lowest BCUT2D eigenvalue weighted by molar-refractivity contribution is -0.144. The summed E-state index contributed by atoms with van der Waals surface area (Å²) in [6.07, 6.45) is 1.87. The summed E-state index contributed by atoms with van der Waals surface area (Å²) in [5, 5.41) is 0. The minimum absolute atomic E-state index is 0.131. The first-order chi connectivity index (χ1) is 8.22. The van der Waals surface area contributed by atoms with E-state index in [1.807, 2.05) is 36.9 Å². The van der Waals surface area contributed by atoms with E-state index >= 15 is 0 Å². The average Bonchev–Trinajstić information content (AvgIpc) is 2.78. The van der Waals surface area contributed by atoms with Crippen molar-refractivity contribution in [1.82, 2.24) is 4.98 Å². The zero-order valence-electron chi connectivity index (χ0n) is 10.3. The van der Waals surface area contributed by atoms with Gasteiger partial charge in [0.1, 0.15) is 11.9 Å². The number of aryl methyl sites for hydroxylation is 1. The van der Waals surface area contributed by atoms with E-state index in [0.29, 0.717) is 6.61 Å². The van der Waals surface area contributed by atoms with E-state index in [4.69, 9.17) is 4.74 Å². The Morgan fingerprint density at radius 2 is 2.41 bits per heavy atom. The summed E-state index contributed by atoms with van der Waals surface area (Å²) in [7, 11) is 0. The number of carbonyl (C=O) groups is 1. The Morgan fingerprint density at radius 1 is 1.59 bits per heavy atom. The van der Waals surface area contributed by atoms with Crippen molar-refractivity contribution in [3.63, 3.8) is 0 Å². The number of aromatic nitrogens is 1. The second-order valence-corrected chi connectivity index (χ2v) is 4.24. The minimum atomic E-state index is -0.163. The van der Waals surface area contributed by atoms with Crippen molar-refractivity contribution in [3.05, 3.63) is 23.9 Å². The zero-order chi connectivity index (χ0) is 12.3. The van der Waals surface area contributed by atoms with Gasteiger partial charge in [0.15, 0.2) is 0 Å². The van der Waals surface area contributed by atoms with E-state index in [9.17, 15) is 4.79 Å². The first-order valence-electron chi connectivity index (χ1n) is 6.09. The van der Waals surface area contributed by atoms with Gasteiger partial charge in [0.25, 0.3) is 0 Å². The van der Waals surface area contributed by atoms with Crippen molar-refractivity contribution in [3.8, 4) is 0 Å². The molecule has 1 saturated heterocycles. The van der Waals surface area contributed by atoms with Crippen LogP contribution in [0, 0.1) is 6.92 Å². The predicted molar refractivity (Wildman–Crippen MR) is 66.0 cm³/mol. The molecule has 4 nitrogen and oxygen atoms in total. The lowest BCUT2D eigenvalue weighted by Gasteiger charge is -2.24. The van der Waals surface area contributed by atoms with Crippen LogP contribution < -0.4 is 4.90 Å². The fourth-order valence-corrected chi connectivity index (χ4v) is 2.21. The number of anilines is 1. The lowest BCUT2D eigenvalue weighted by atomic mass is 10.2. The fourth-order valence-electron chi connectivity index (χ4n) is 2.21. The van der Waals surface area contributed by atoms with Crippen molar-refractivity contribution in [2.24, 2.45) is 0 Å². The van der Waals surface area contributed by atoms with Crippen molar-refractivity contribution in [2.75, 3.05) is 18.1 Å². The number of carbonyl (C=O) groups excluding carboxylic acids is 1. The highest BCUT2D eigenvalue weighted by Gasteiger charge is 2.32. The third-order valence-electron chi connectivity index (χ3n) is 2.98. The van der Waals surface area contributed by atoms with Gasteiger partial charge in [0.2, 0.25) is 0 Å². The summed E-state index contributed by atoms with van der Waals surface area (Å²) in [6.45, 7) is 5.10. The molecule has 0 aromatic carbocycles. The maximum absolute atomic E-state index is 11.8. The lowest BCUT2D eigenvalue weighted by Crippen LogP contribution is -2.37. The molecule has 1 atom stereocenters. The Balaban J connectivity index is 2.17. The quantitative estimate of drug-likeness (QED) is 0.749. The Morgan fingerprint density at radius 3 is 3.12 bits per heavy atom. The summed E-state index contributed by atoms with van der Waals surface area (Å²) in [4.78, 5) is 18.3. The van der Waals surface area contributed by atoms with Crippen molar-refractivity contribution >= 4 is 11.8 Å². The van der Waals surface area contributed by atoms with Crippen LogP contribution in [0.5, 0.6) is 0 Å². The highest BCUT2D eigenvalue weighted by atomic mass is 16.5. The maximum Gasteiger partial charge on any atom is 0.328 e. The van der Waals surface area contributed by atoms with Gasteiger partial charge in [0.05, 0.1) is 6.61 Å². The Kier molecular flexibility index (Phi) is 3.61. The molecule has 2 rings (SSSR count). The molecule has 1 fully saturated rings. The fraction of sp³-hybridized carbons (Fsp3) is 0.538. The van der Waals surface area contributed by atoms with Crippen molar-refractivity contribution in [1.29, 1.82) is 0 Å². The molecule has 1 aromatic rings. The first kappa shape index (κ1) is 11.9. The van der Waals surface area contributed by atoms with Crippen LogP contribution in [0.4, 0.5) is 5.82 Å². The van der Waals surface area contributed by atoms with Gasteiger partial charge >= 0.3 is 5.97 Å². The van der Waals surface area contributed by atoms with E-state index in [1.165, 1.54) is 0 Å². The number of esters is 1. The smallest absolute Gasteiger partial charge is 0.328 e. The number of pyridine rings is 1. The van der Waals surface area contributed by atoms with Crippen molar-refractivity contribution < 1.29 is 9.53 Å². The standard InChI is InChI=1S/C13H18N2O2/c1-3-17-13(16)11-7-5-9-15(11)12-8-4-6-10(2)14-12/h4,6,8,11H,3,5,7,9H2,1-2H3. The third kappa shape index (κ3) is 2.57. The summed E-state index contributed by atoms with van der Waals surface area (Å²) < 4.78 is 5.10. The first-order valence-corrected chi connectivity index (χ1v) is 6.09.